The van der Waals surface area contributed by atoms with E-state index < -0.39 is 0 Å². The highest BCUT2D eigenvalue weighted by atomic mass is 16.5. The van der Waals surface area contributed by atoms with E-state index >= 15 is 0 Å². The standard InChI is InChI=1S/C25H20BNO/c1-28-21-17-15-19(16-18-21)26-24-13-7-5-11-22(24)23-12-6-8-14-25(23)27(26)20-9-3-2-4-10-20/h2-18H,1H3. The topological polar surface area (TPSA) is 12.5 Å². The van der Waals surface area contributed by atoms with Gasteiger partial charge in [-0.05, 0) is 41.4 Å². The number of fused-ring (bicyclic) bond motifs is 3. The third-order valence-corrected chi connectivity index (χ3v) is 5.43. The molecule has 5 rings (SSSR count). The van der Waals surface area contributed by atoms with Gasteiger partial charge in [-0.15, -0.1) is 0 Å². The molecule has 0 bridgehead atoms. The van der Waals surface area contributed by atoms with Crippen molar-refractivity contribution in [2.45, 2.75) is 0 Å². The molecule has 3 heteroatoms. The quantitative estimate of drug-likeness (QED) is 0.494. The Bertz CT molecular complexity index is 1110. The van der Waals surface area contributed by atoms with Crippen molar-refractivity contribution >= 4 is 29.1 Å². The van der Waals surface area contributed by atoms with Crippen molar-refractivity contribution in [3.63, 3.8) is 0 Å². The molecule has 1 aliphatic rings. The molecule has 0 unspecified atom stereocenters. The summed E-state index contributed by atoms with van der Waals surface area (Å²) in [5.41, 5.74) is 7.54. The summed E-state index contributed by atoms with van der Waals surface area (Å²) in [5, 5.41) is 0. The zero-order chi connectivity index (χ0) is 18.9. The molecule has 1 aliphatic heterocycles. The van der Waals surface area contributed by atoms with Gasteiger partial charge in [0, 0.05) is 16.9 Å². The van der Waals surface area contributed by atoms with E-state index in [1.165, 1.54) is 33.4 Å². The van der Waals surface area contributed by atoms with Gasteiger partial charge in [-0.3, -0.25) is 0 Å². The third kappa shape index (κ3) is 2.68. The molecule has 2 nitrogen and oxygen atoms in total. The second-order valence-electron chi connectivity index (χ2n) is 6.99. The summed E-state index contributed by atoms with van der Waals surface area (Å²) < 4.78 is 5.38. The van der Waals surface area contributed by atoms with Gasteiger partial charge in [0.2, 0.25) is 0 Å². The molecule has 0 aromatic heterocycles. The Morgan fingerprint density at radius 2 is 1.29 bits per heavy atom. The zero-order valence-electron chi connectivity index (χ0n) is 15.7. The van der Waals surface area contributed by atoms with Crippen LogP contribution in [0, 0.1) is 0 Å². The second-order valence-corrected chi connectivity index (χ2v) is 6.99. The van der Waals surface area contributed by atoms with E-state index in [1.807, 2.05) is 12.1 Å². The fourth-order valence-corrected chi connectivity index (χ4v) is 4.16. The molecule has 28 heavy (non-hydrogen) atoms. The summed E-state index contributed by atoms with van der Waals surface area (Å²) in [4.78, 5) is 2.44. The second kappa shape index (κ2) is 6.93. The molecule has 134 valence electrons. The first kappa shape index (κ1) is 16.7. The van der Waals surface area contributed by atoms with Gasteiger partial charge in [-0.25, -0.2) is 0 Å². The summed E-state index contributed by atoms with van der Waals surface area (Å²) in [6, 6.07) is 36.5. The lowest BCUT2D eigenvalue weighted by molar-refractivity contribution is 0.415. The van der Waals surface area contributed by atoms with E-state index in [4.69, 9.17) is 4.74 Å². The van der Waals surface area contributed by atoms with Gasteiger partial charge >= 0.3 is 6.85 Å². The molecule has 4 aromatic rings. The Kier molecular flexibility index (Phi) is 4.14. The summed E-state index contributed by atoms with van der Waals surface area (Å²) in [7, 11) is 1.71. The SMILES string of the molecule is COc1ccc(B2c3ccccc3-c3ccccc3N2c2ccccc2)cc1. The maximum Gasteiger partial charge on any atom is 0.328 e. The predicted octanol–water partition coefficient (Wildman–Crippen LogP) is 4.62. The van der Waals surface area contributed by atoms with Crippen LogP contribution in [-0.4, -0.2) is 14.0 Å². The molecule has 0 aliphatic carbocycles. The van der Waals surface area contributed by atoms with Crippen LogP contribution in [0.15, 0.2) is 103 Å². The van der Waals surface area contributed by atoms with Crippen molar-refractivity contribution in [2.24, 2.45) is 0 Å². The van der Waals surface area contributed by atoms with Crippen molar-refractivity contribution in [1.82, 2.24) is 0 Å². The van der Waals surface area contributed by atoms with Gasteiger partial charge in [0.05, 0.1) is 7.11 Å². The molecule has 0 atom stereocenters. The first-order valence-electron chi connectivity index (χ1n) is 9.53. The Morgan fingerprint density at radius 1 is 0.643 bits per heavy atom. The minimum atomic E-state index is 0.0967. The third-order valence-electron chi connectivity index (χ3n) is 5.43. The maximum absolute atomic E-state index is 5.38. The van der Waals surface area contributed by atoms with Crippen LogP contribution < -0.4 is 20.5 Å². The number of nitrogens with zero attached hydrogens (tertiary/aromatic N) is 1. The number of hydrogen-bond acceptors (Lipinski definition) is 2. The summed E-state index contributed by atoms with van der Waals surface area (Å²) in [6.45, 7) is 0.0967. The predicted molar refractivity (Wildman–Crippen MR) is 118 cm³/mol. The lowest BCUT2D eigenvalue weighted by atomic mass is 9.46. The van der Waals surface area contributed by atoms with Crippen molar-refractivity contribution in [1.29, 1.82) is 0 Å². The van der Waals surface area contributed by atoms with E-state index in [-0.39, 0.29) is 6.85 Å². The van der Waals surface area contributed by atoms with Crippen molar-refractivity contribution < 1.29 is 4.74 Å². The molecular formula is C25H20BNO. The molecule has 0 N–H and O–H groups in total. The minimum Gasteiger partial charge on any atom is -0.497 e. The number of para-hydroxylation sites is 2. The zero-order valence-corrected chi connectivity index (χ0v) is 15.7. The fraction of sp³-hybridized carbons (Fsp3) is 0.0400. The van der Waals surface area contributed by atoms with E-state index in [0.29, 0.717) is 0 Å². The van der Waals surface area contributed by atoms with Crippen LogP contribution in [0.5, 0.6) is 5.75 Å². The summed E-state index contributed by atoms with van der Waals surface area (Å²) >= 11 is 0. The number of rotatable bonds is 3. The smallest absolute Gasteiger partial charge is 0.328 e. The molecular weight excluding hydrogens is 341 g/mol. The molecule has 0 amide bonds. The van der Waals surface area contributed by atoms with Crippen LogP contribution in [0.3, 0.4) is 0 Å². The average molecular weight is 361 g/mol. The summed E-state index contributed by atoms with van der Waals surface area (Å²) in [5.74, 6) is 0.875. The Labute approximate surface area is 166 Å². The lowest BCUT2D eigenvalue weighted by Gasteiger charge is -2.38. The van der Waals surface area contributed by atoms with E-state index in [9.17, 15) is 0 Å². The monoisotopic (exact) mass is 361 g/mol. The molecule has 0 saturated heterocycles. The van der Waals surface area contributed by atoms with Crippen molar-refractivity contribution in [2.75, 3.05) is 11.9 Å². The highest BCUT2D eigenvalue weighted by molar-refractivity contribution is 6.90. The van der Waals surface area contributed by atoms with Gasteiger partial charge < -0.3 is 9.55 Å². The molecule has 4 aromatic carbocycles. The molecule has 0 spiro atoms. The Hall–Kier alpha value is -3.46. The van der Waals surface area contributed by atoms with Crippen LogP contribution in [0.1, 0.15) is 0 Å². The first-order chi connectivity index (χ1) is 13.9. The molecule has 0 fully saturated rings. The van der Waals surface area contributed by atoms with Crippen LogP contribution in [-0.2, 0) is 0 Å². The molecule has 0 saturated carbocycles. The largest absolute Gasteiger partial charge is 0.497 e. The van der Waals surface area contributed by atoms with Crippen LogP contribution >= 0.6 is 0 Å². The van der Waals surface area contributed by atoms with Crippen molar-refractivity contribution in [3.05, 3.63) is 103 Å². The normalized spacial score (nSPS) is 12.3. The Morgan fingerprint density at radius 3 is 2.04 bits per heavy atom. The van der Waals surface area contributed by atoms with E-state index in [2.05, 4.69) is 95.8 Å². The van der Waals surface area contributed by atoms with Crippen LogP contribution in [0.25, 0.3) is 11.1 Å². The first-order valence-corrected chi connectivity index (χ1v) is 9.53. The number of methoxy groups -OCH3 is 1. The van der Waals surface area contributed by atoms with Gasteiger partial charge in [0.25, 0.3) is 0 Å². The van der Waals surface area contributed by atoms with E-state index in [0.717, 1.165) is 5.75 Å². The highest BCUT2D eigenvalue weighted by Gasteiger charge is 2.36. The van der Waals surface area contributed by atoms with Gasteiger partial charge in [-0.2, -0.15) is 0 Å². The van der Waals surface area contributed by atoms with E-state index in [1.54, 1.807) is 7.11 Å². The Balaban J connectivity index is 1.78. The average Bonchev–Trinajstić information content (AvgIpc) is 2.79. The van der Waals surface area contributed by atoms with Gasteiger partial charge in [-0.1, -0.05) is 78.3 Å². The van der Waals surface area contributed by atoms with Gasteiger partial charge in [0.15, 0.2) is 0 Å². The number of ether oxygens (including phenoxy) is 1. The maximum atomic E-state index is 5.38. The van der Waals surface area contributed by atoms with Crippen LogP contribution in [0.4, 0.5) is 11.4 Å². The summed E-state index contributed by atoms with van der Waals surface area (Å²) in [6.07, 6.45) is 0. The van der Waals surface area contributed by atoms with Crippen molar-refractivity contribution in [3.8, 4) is 16.9 Å². The molecule has 1 heterocycles. The lowest BCUT2D eigenvalue weighted by Crippen LogP contribution is -2.57. The highest BCUT2D eigenvalue weighted by Crippen LogP contribution is 2.39. The number of anilines is 2. The minimum absolute atomic E-state index is 0.0967. The van der Waals surface area contributed by atoms with Crippen LogP contribution in [0.2, 0.25) is 0 Å². The van der Waals surface area contributed by atoms with Gasteiger partial charge in [0.1, 0.15) is 5.75 Å². The number of benzene rings is 4. The number of hydrogen-bond donors (Lipinski definition) is 0. The fourth-order valence-electron chi connectivity index (χ4n) is 4.16. The molecule has 0 radical (unpaired) electrons.